The van der Waals surface area contributed by atoms with Crippen LogP contribution in [-0.2, 0) is 4.79 Å². The van der Waals surface area contributed by atoms with Crippen molar-refractivity contribution in [2.75, 3.05) is 6.54 Å². The Morgan fingerprint density at radius 3 is 2.11 bits per heavy atom. The van der Waals surface area contributed by atoms with E-state index in [0.29, 0.717) is 0 Å². The van der Waals surface area contributed by atoms with Crippen molar-refractivity contribution >= 4 is 63.3 Å². The Morgan fingerprint density at radius 2 is 2.00 bits per heavy atom. The van der Waals surface area contributed by atoms with E-state index in [9.17, 15) is 4.79 Å². The molecule has 0 bridgehead atoms. The maximum Gasteiger partial charge on any atom is 0.325 e. The van der Waals surface area contributed by atoms with Gasteiger partial charge in [-0.05, 0) is 0 Å². The summed E-state index contributed by atoms with van der Waals surface area (Å²) >= 11 is 0. The van der Waals surface area contributed by atoms with Crippen molar-refractivity contribution in [3.8, 4) is 0 Å². The van der Waals surface area contributed by atoms with Crippen LogP contribution in [0.4, 0.5) is 0 Å². The fraction of sp³-hybridized carbons (Fsp3) is 0.333. The first-order valence-corrected chi connectivity index (χ1v) is 1.90. The number of carbonyl (C=O) groups is 1. The standard InChI is InChI=1S/C3H7N3O2.K/c4-3(5)6-1-2(7)8;/h1H2,(H,7,8)(H4,4,5,6);. The molecule has 0 fully saturated rings. The van der Waals surface area contributed by atoms with E-state index in [1.165, 1.54) is 0 Å². The predicted molar refractivity (Wildman–Crippen MR) is 34.1 cm³/mol. The third-order valence-corrected chi connectivity index (χ3v) is 0.397. The van der Waals surface area contributed by atoms with Gasteiger partial charge in [0.05, 0.1) is 0 Å². The Bertz CT molecular complexity index is 120. The van der Waals surface area contributed by atoms with Crippen LogP contribution in [0.2, 0.25) is 0 Å². The normalized spacial score (nSPS) is 7.11. The SMILES string of the molecule is NC(N)=NCC(=O)O.[K]. The molecule has 5 nitrogen and oxygen atoms in total. The van der Waals surface area contributed by atoms with E-state index in [2.05, 4.69) is 4.99 Å². The number of guanidine groups is 1. The van der Waals surface area contributed by atoms with Crippen LogP contribution in [0.25, 0.3) is 0 Å². The Balaban J connectivity index is 0. The summed E-state index contributed by atoms with van der Waals surface area (Å²) < 4.78 is 0. The molecule has 0 aliphatic carbocycles. The van der Waals surface area contributed by atoms with E-state index in [1.54, 1.807) is 0 Å². The molecule has 0 aliphatic heterocycles. The van der Waals surface area contributed by atoms with E-state index in [4.69, 9.17) is 16.6 Å². The number of hydrogen-bond donors (Lipinski definition) is 3. The minimum Gasteiger partial charge on any atom is -0.480 e. The van der Waals surface area contributed by atoms with Gasteiger partial charge in [-0.1, -0.05) is 0 Å². The van der Waals surface area contributed by atoms with Gasteiger partial charge < -0.3 is 16.6 Å². The number of aliphatic imine (C=N–C) groups is 1. The zero-order valence-corrected chi connectivity index (χ0v) is 8.29. The van der Waals surface area contributed by atoms with Gasteiger partial charge in [-0.15, -0.1) is 0 Å². The number of aliphatic carboxylic acids is 1. The van der Waals surface area contributed by atoms with E-state index >= 15 is 0 Å². The molecule has 5 N–H and O–H groups in total. The van der Waals surface area contributed by atoms with Crippen LogP contribution in [-0.4, -0.2) is 75.0 Å². The second kappa shape index (κ2) is 6.50. The van der Waals surface area contributed by atoms with Gasteiger partial charge in [-0.2, -0.15) is 0 Å². The molecule has 1 radical (unpaired) electrons. The van der Waals surface area contributed by atoms with Gasteiger partial charge in [0.1, 0.15) is 6.54 Å². The zero-order chi connectivity index (χ0) is 6.57. The van der Waals surface area contributed by atoms with Crippen molar-refractivity contribution in [1.29, 1.82) is 0 Å². The molecule has 0 saturated carbocycles. The summed E-state index contributed by atoms with van der Waals surface area (Å²) in [7, 11) is 0. The van der Waals surface area contributed by atoms with Gasteiger partial charge in [-0.3, -0.25) is 4.79 Å². The van der Waals surface area contributed by atoms with Crippen molar-refractivity contribution in [3.63, 3.8) is 0 Å². The number of hydrogen-bond acceptors (Lipinski definition) is 2. The molecule has 0 rings (SSSR count). The summed E-state index contributed by atoms with van der Waals surface area (Å²) in [4.78, 5) is 12.9. The van der Waals surface area contributed by atoms with Crippen LogP contribution < -0.4 is 11.5 Å². The first-order valence-electron chi connectivity index (χ1n) is 1.90. The molecule has 0 aliphatic rings. The Morgan fingerprint density at radius 1 is 1.56 bits per heavy atom. The first-order chi connectivity index (χ1) is 3.63. The Kier molecular flexibility index (Phi) is 8.73. The molecule has 9 heavy (non-hydrogen) atoms. The average molecular weight is 156 g/mol. The summed E-state index contributed by atoms with van der Waals surface area (Å²) in [6.07, 6.45) is 0. The number of carboxylic acid groups (broad SMARTS) is 1. The monoisotopic (exact) mass is 156 g/mol. The van der Waals surface area contributed by atoms with Crippen molar-refractivity contribution in [3.05, 3.63) is 0 Å². The predicted octanol–water partition coefficient (Wildman–Crippen LogP) is -2.04. The van der Waals surface area contributed by atoms with Crippen molar-refractivity contribution < 1.29 is 9.90 Å². The van der Waals surface area contributed by atoms with Crippen molar-refractivity contribution in [1.82, 2.24) is 0 Å². The summed E-state index contributed by atoms with van der Waals surface area (Å²) in [5.41, 5.74) is 9.61. The number of rotatable bonds is 2. The van der Waals surface area contributed by atoms with Crippen LogP contribution in [0.15, 0.2) is 4.99 Å². The molecular formula is C3H7KN3O2. The summed E-state index contributed by atoms with van der Waals surface area (Å²) in [6, 6.07) is 0. The largest absolute Gasteiger partial charge is 0.480 e. The smallest absolute Gasteiger partial charge is 0.325 e. The minimum absolute atomic E-state index is 0. The van der Waals surface area contributed by atoms with E-state index in [1.807, 2.05) is 0 Å². The fourth-order valence-corrected chi connectivity index (χ4v) is 0.159. The van der Waals surface area contributed by atoms with Gasteiger partial charge in [0.2, 0.25) is 0 Å². The molecule has 0 heterocycles. The van der Waals surface area contributed by atoms with Crippen LogP contribution in [0.1, 0.15) is 0 Å². The molecule has 0 saturated heterocycles. The van der Waals surface area contributed by atoms with Gasteiger partial charge in [-0.25, -0.2) is 4.99 Å². The Labute approximate surface area is 94.9 Å². The maximum atomic E-state index is 9.69. The van der Waals surface area contributed by atoms with Gasteiger partial charge >= 0.3 is 5.97 Å². The van der Waals surface area contributed by atoms with Gasteiger partial charge in [0.25, 0.3) is 0 Å². The second-order valence-electron chi connectivity index (χ2n) is 1.13. The van der Waals surface area contributed by atoms with Crippen LogP contribution in [0, 0.1) is 0 Å². The molecule has 0 aromatic heterocycles. The van der Waals surface area contributed by atoms with Crippen molar-refractivity contribution in [2.45, 2.75) is 0 Å². The van der Waals surface area contributed by atoms with Gasteiger partial charge in [0, 0.05) is 51.4 Å². The maximum absolute atomic E-state index is 9.69. The molecular weight excluding hydrogens is 149 g/mol. The quantitative estimate of drug-likeness (QED) is 0.243. The molecule has 0 spiro atoms. The molecule has 0 amide bonds. The molecule has 6 heteroatoms. The third-order valence-electron chi connectivity index (χ3n) is 0.397. The van der Waals surface area contributed by atoms with Crippen LogP contribution in [0.5, 0.6) is 0 Å². The Hall–Kier alpha value is 0.376. The first kappa shape index (κ1) is 12.1. The topological polar surface area (TPSA) is 102 Å². The van der Waals surface area contributed by atoms with E-state index < -0.39 is 5.97 Å². The minimum atomic E-state index is -1.04. The summed E-state index contributed by atoms with van der Waals surface area (Å²) in [5.74, 6) is -1.24. The molecule has 0 unspecified atom stereocenters. The van der Waals surface area contributed by atoms with Gasteiger partial charge in [0.15, 0.2) is 5.96 Å². The molecule has 0 atom stereocenters. The fourth-order valence-electron chi connectivity index (χ4n) is 0.159. The van der Waals surface area contributed by atoms with E-state index in [-0.39, 0.29) is 63.9 Å². The average Bonchev–Trinajstić information content (AvgIpc) is 1.61. The molecule has 0 aromatic rings. The molecule has 0 aromatic carbocycles. The second-order valence-corrected chi connectivity index (χ2v) is 1.13. The number of nitrogens with zero attached hydrogens (tertiary/aromatic N) is 1. The van der Waals surface area contributed by atoms with Crippen LogP contribution in [0.3, 0.4) is 0 Å². The summed E-state index contributed by atoms with van der Waals surface area (Å²) in [6.45, 7) is -0.359. The number of carboxylic acids is 1. The third kappa shape index (κ3) is 11.8. The van der Waals surface area contributed by atoms with Crippen molar-refractivity contribution in [2.24, 2.45) is 16.5 Å². The molecule has 47 valence electrons. The summed E-state index contributed by atoms with van der Waals surface area (Å²) in [5, 5.41) is 7.94. The van der Waals surface area contributed by atoms with Crippen LogP contribution >= 0.6 is 0 Å². The zero-order valence-electron chi connectivity index (χ0n) is 5.16. The van der Waals surface area contributed by atoms with E-state index in [0.717, 1.165) is 0 Å². The number of nitrogens with two attached hydrogens (primary N) is 2.